The maximum atomic E-state index is 14.2. The Balaban J connectivity index is 1.51. The minimum Gasteiger partial charge on any atom is -0.366 e. The molecule has 0 aliphatic carbocycles. The van der Waals surface area contributed by atoms with E-state index in [1.807, 2.05) is 0 Å². The Labute approximate surface area is 237 Å². The molecule has 0 saturated carbocycles. The van der Waals surface area contributed by atoms with E-state index in [1.165, 1.54) is 22.7 Å². The maximum Gasteiger partial charge on any atom is 0.416 e. The van der Waals surface area contributed by atoms with Gasteiger partial charge in [0.2, 0.25) is 5.95 Å². The van der Waals surface area contributed by atoms with Crippen LogP contribution >= 0.6 is 11.6 Å². The molecule has 42 heavy (non-hydrogen) atoms. The van der Waals surface area contributed by atoms with Gasteiger partial charge in [-0.25, -0.2) is 13.3 Å². The molecule has 3 heterocycles. The second kappa shape index (κ2) is 9.80. The van der Waals surface area contributed by atoms with Gasteiger partial charge >= 0.3 is 6.18 Å². The Morgan fingerprint density at radius 3 is 2.55 bits per heavy atom. The van der Waals surface area contributed by atoms with Crippen LogP contribution in [0, 0.1) is 11.6 Å². The molecule has 0 spiro atoms. The number of amides is 2. The molecule has 8 nitrogen and oxygen atoms in total. The number of benzene rings is 3. The van der Waals surface area contributed by atoms with Gasteiger partial charge in [-0.2, -0.15) is 18.2 Å². The smallest absolute Gasteiger partial charge is 0.366 e. The van der Waals surface area contributed by atoms with Gasteiger partial charge in [0.25, 0.3) is 11.8 Å². The average molecular weight is 599 g/mol. The molecule has 0 radical (unpaired) electrons. The molecule has 0 bridgehead atoms. The number of nitrogens with one attached hydrogen (secondary N) is 2. The zero-order valence-corrected chi connectivity index (χ0v) is 21.7. The summed E-state index contributed by atoms with van der Waals surface area (Å²) in [6, 6.07) is 10.2. The summed E-state index contributed by atoms with van der Waals surface area (Å²) in [6.07, 6.45) is -3.34. The largest absolute Gasteiger partial charge is 0.416 e. The lowest BCUT2D eigenvalue weighted by molar-refractivity contribution is -0.137. The first kappa shape index (κ1) is 27.1. The van der Waals surface area contributed by atoms with Crippen molar-refractivity contribution in [3.63, 3.8) is 0 Å². The second-order valence-electron chi connectivity index (χ2n) is 9.43. The first-order chi connectivity index (χ1) is 19.9. The van der Waals surface area contributed by atoms with Crippen molar-refractivity contribution < 1.29 is 31.5 Å². The highest BCUT2D eigenvalue weighted by Gasteiger charge is 2.36. The highest BCUT2D eigenvalue weighted by Crippen LogP contribution is 2.42. The fourth-order valence-corrected chi connectivity index (χ4v) is 5.06. The molecule has 6 rings (SSSR count). The molecule has 2 amide bonds. The number of aromatic nitrogens is 3. The van der Waals surface area contributed by atoms with Crippen LogP contribution in [0.2, 0.25) is 5.02 Å². The molecule has 14 heteroatoms. The van der Waals surface area contributed by atoms with Gasteiger partial charge in [-0.3, -0.25) is 9.59 Å². The Kier molecular flexibility index (Phi) is 6.34. The number of alkyl halides is 3. The van der Waals surface area contributed by atoms with E-state index in [-0.39, 0.29) is 39.4 Å². The normalized spacial score (nSPS) is 14.6. The Bertz CT molecular complexity index is 1940. The van der Waals surface area contributed by atoms with Crippen LogP contribution in [-0.2, 0) is 6.18 Å². The van der Waals surface area contributed by atoms with Crippen LogP contribution in [0.15, 0.2) is 66.9 Å². The van der Waals surface area contributed by atoms with Crippen LogP contribution in [0.25, 0.3) is 16.8 Å². The number of carbonyl (C=O) groups is 2. The topological polar surface area (TPSA) is 114 Å². The summed E-state index contributed by atoms with van der Waals surface area (Å²) in [5, 5.41) is 9.35. The van der Waals surface area contributed by atoms with Gasteiger partial charge in [-0.05, 0) is 71.8 Å². The van der Waals surface area contributed by atoms with Crippen LogP contribution in [0.1, 0.15) is 43.4 Å². The fraction of sp³-hybridized carbons (Fsp3) is 0.0714. The number of hydrogen-bond acceptors (Lipinski definition) is 5. The van der Waals surface area contributed by atoms with Gasteiger partial charge in [0.15, 0.2) is 5.65 Å². The first-order valence-corrected chi connectivity index (χ1v) is 12.5. The third-order valence-corrected chi connectivity index (χ3v) is 7.02. The monoisotopic (exact) mass is 598 g/mol. The van der Waals surface area contributed by atoms with E-state index in [4.69, 9.17) is 17.3 Å². The minimum absolute atomic E-state index is 0.00477. The van der Waals surface area contributed by atoms with Crippen molar-refractivity contribution in [3.8, 4) is 11.1 Å². The minimum atomic E-state index is -4.91. The maximum absolute atomic E-state index is 14.2. The number of nitrogen functional groups attached to an aromatic ring is 1. The van der Waals surface area contributed by atoms with Crippen molar-refractivity contribution in [3.05, 3.63) is 111 Å². The molecule has 0 saturated heterocycles. The second-order valence-corrected chi connectivity index (χ2v) is 9.83. The molecular formula is C28H16ClF5N6O2. The zero-order chi connectivity index (χ0) is 29.9. The van der Waals surface area contributed by atoms with Crippen LogP contribution in [0.5, 0.6) is 0 Å². The Morgan fingerprint density at radius 2 is 1.79 bits per heavy atom. The number of carbonyl (C=O) groups excluding carboxylic acids is 2. The lowest BCUT2D eigenvalue weighted by atomic mass is 9.92. The summed E-state index contributed by atoms with van der Waals surface area (Å²) in [5.41, 5.74) is 5.46. The molecule has 1 aliphatic heterocycles. The lowest BCUT2D eigenvalue weighted by Gasteiger charge is -2.19. The van der Waals surface area contributed by atoms with E-state index in [2.05, 4.69) is 20.7 Å². The number of nitrogens with two attached hydrogens (primary N) is 1. The molecule has 4 N–H and O–H groups in total. The average Bonchev–Trinajstić information content (AvgIpc) is 3.47. The summed E-state index contributed by atoms with van der Waals surface area (Å²) >= 11 is 6.33. The predicted molar refractivity (Wildman–Crippen MR) is 143 cm³/mol. The molecule has 3 aromatic carbocycles. The molecule has 1 unspecified atom stereocenters. The summed E-state index contributed by atoms with van der Waals surface area (Å²) in [5.74, 6) is -3.54. The van der Waals surface area contributed by atoms with Crippen molar-refractivity contribution in [2.24, 2.45) is 0 Å². The number of rotatable bonds is 4. The van der Waals surface area contributed by atoms with Gasteiger partial charge in [0.1, 0.15) is 11.6 Å². The van der Waals surface area contributed by atoms with E-state index in [9.17, 15) is 31.5 Å². The molecule has 1 aliphatic rings. The number of fused-ring (bicyclic) bond motifs is 2. The van der Waals surface area contributed by atoms with Gasteiger partial charge in [-0.15, -0.1) is 5.10 Å². The highest BCUT2D eigenvalue weighted by molar-refractivity contribution is 6.31. The number of hydrogen-bond donors (Lipinski definition) is 3. The van der Waals surface area contributed by atoms with Crippen LogP contribution in [0.3, 0.4) is 0 Å². The van der Waals surface area contributed by atoms with Crippen molar-refractivity contribution in [1.82, 2.24) is 19.9 Å². The summed E-state index contributed by atoms with van der Waals surface area (Å²) in [4.78, 5) is 30.5. The number of halogens is 6. The Morgan fingerprint density at radius 1 is 1.00 bits per heavy atom. The highest BCUT2D eigenvalue weighted by atomic mass is 35.5. The van der Waals surface area contributed by atoms with Gasteiger partial charge in [-0.1, -0.05) is 11.6 Å². The summed E-state index contributed by atoms with van der Waals surface area (Å²) in [7, 11) is 0. The molecule has 5 aromatic rings. The molecule has 1 atom stereocenters. The van der Waals surface area contributed by atoms with E-state index in [0.29, 0.717) is 28.9 Å². The fourth-order valence-electron chi connectivity index (χ4n) is 4.83. The van der Waals surface area contributed by atoms with Crippen LogP contribution in [0.4, 0.5) is 33.6 Å². The lowest BCUT2D eigenvalue weighted by Crippen LogP contribution is -2.21. The van der Waals surface area contributed by atoms with Crippen LogP contribution < -0.4 is 16.4 Å². The van der Waals surface area contributed by atoms with Crippen molar-refractivity contribution >= 4 is 40.7 Å². The summed E-state index contributed by atoms with van der Waals surface area (Å²) < 4.78 is 69.7. The van der Waals surface area contributed by atoms with E-state index < -0.39 is 46.8 Å². The van der Waals surface area contributed by atoms with E-state index in [1.54, 1.807) is 18.3 Å². The van der Waals surface area contributed by atoms with Gasteiger partial charge in [0, 0.05) is 39.2 Å². The number of anilines is 2. The van der Waals surface area contributed by atoms with Crippen LogP contribution in [-0.4, -0.2) is 26.4 Å². The third kappa shape index (κ3) is 4.87. The number of nitrogens with zero attached hydrogens (tertiary/aromatic N) is 3. The SMILES string of the molecule is Nc1nc2cc(-c3cc(NC(=O)c4cc(F)cc(C(F)(F)F)c4)c4c(c3)C(=O)NC4c3cc(F)ccc3Cl)ccn2n1. The van der Waals surface area contributed by atoms with Crippen molar-refractivity contribution in [2.45, 2.75) is 12.2 Å². The molecule has 2 aromatic heterocycles. The van der Waals surface area contributed by atoms with E-state index >= 15 is 0 Å². The third-order valence-electron chi connectivity index (χ3n) is 6.68. The summed E-state index contributed by atoms with van der Waals surface area (Å²) in [6.45, 7) is 0. The van der Waals surface area contributed by atoms with E-state index in [0.717, 1.165) is 12.1 Å². The molecule has 212 valence electrons. The molecule has 0 fully saturated rings. The van der Waals surface area contributed by atoms with Gasteiger partial charge < -0.3 is 16.4 Å². The quantitative estimate of drug-likeness (QED) is 0.219. The zero-order valence-electron chi connectivity index (χ0n) is 20.9. The Hall–Kier alpha value is -5.04. The predicted octanol–water partition coefficient (Wildman–Crippen LogP) is 6.01. The standard InChI is InChI=1S/C28H16ClF5N6O2/c29-20-2-1-16(30)11-18(20)24-23-19(26(42)38-24)7-13(12-3-4-40-22(9-12)37-27(35)39-40)8-21(23)36-25(41)14-5-15(28(32,33)34)10-17(31)6-14/h1-11,24H,(H2,35,39)(H,36,41)(H,38,42). The first-order valence-electron chi connectivity index (χ1n) is 12.1. The molecular weight excluding hydrogens is 583 g/mol. The van der Waals surface area contributed by atoms with Gasteiger partial charge in [0.05, 0.1) is 11.6 Å². The van der Waals surface area contributed by atoms with Crippen molar-refractivity contribution in [2.75, 3.05) is 11.1 Å². The van der Waals surface area contributed by atoms with Crippen molar-refractivity contribution in [1.29, 1.82) is 0 Å². The number of pyridine rings is 1.